The van der Waals surface area contributed by atoms with Crippen LogP contribution in [-0.4, -0.2) is 57.8 Å². The molecule has 2 aromatic rings. The van der Waals surface area contributed by atoms with Gasteiger partial charge in [0, 0.05) is 37.6 Å². The molecule has 0 saturated carbocycles. The number of thiophene rings is 1. The molecular weight excluding hydrogens is 408 g/mol. The van der Waals surface area contributed by atoms with Gasteiger partial charge < -0.3 is 20.1 Å². The van der Waals surface area contributed by atoms with Gasteiger partial charge in [-0.25, -0.2) is 0 Å². The van der Waals surface area contributed by atoms with Crippen LogP contribution < -0.4 is 20.1 Å². The summed E-state index contributed by atoms with van der Waals surface area (Å²) in [6.45, 7) is 8.05. The summed E-state index contributed by atoms with van der Waals surface area (Å²) in [5.41, 5.74) is 1.21. The SMILES string of the molecule is CCNC(=NCC1CCCN(Cc2cccs2)C1)NCCc1ccc(OC)c(OC)c1. The van der Waals surface area contributed by atoms with Gasteiger partial charge in [-0.2, -0.15) is 0 Å². The van der Waals surface area contributed by atoms with Crippen molar-refractivity contribution >= 4 is 17.3 Å². The van der Waals surface area contributed by atoms with Gasteiger partial charge in [-0.15, -0.1) is 11.3 Å². The van der Waals surface area contributed by atoms with Crippen molar-refractivity contribution in [2.75, 3.05) is 46.9 Å². The summed E-state index contributed by atoms with van der Waals surface area (Å²) in [7, 11) is 3.33. The van der Waals surface area contributed by atoms with Crippen LogP contribution in [0.5, 0.6) is 11.5 Å². The minimum atomic E-state index is 0.620. The maximum atomic E-state index is 5.41. The molecule has 170 valence electrons. The number of likely N-dealkylation sites (tertiary alicyclic amines) is 1. The van der Waals surface area contributed by atoms with E-state index in [0.29, 0.717) is 5.92 Å². The van der Waals surface area contributed by atoms with Crippen LogP contribution in [0.25, 0.3) is 0 Å². The van der Waals surface area contributed by atoms with Gasteiger partial charge in [-0.1, -0.05) is 12.1 Å². The van der Waals surface area contributed by atoms with E-state index >= 15 is 0 Å². The Morgan fingerprint density at radius 3 is 2.81 bits per heavy atom. The molecule has 0 radical (unpaired) electrons. The highest BCUT2D eigenvalue weighted by Crippen LogP contribution is 2.27. The number of hydrogen-bond acceptors (Lipinski definition) is 5. The normalized spacial score (nSPS) is 17.4. The number of guanidine groups is 1. The molecular formula is C24H36N4O2S. The number of piperidine rings is 1. The van der Waals surface area contributed by atoms with E-state index in [9.17, 15) is 0 Å². The third-order valence-corrected chi connectivity index (χ3v) is 6.43. The molecule has 1 fully saturated rings. The molecule has 3 rings (SSSR count). The average molecular weight is 445 g/mol. The lowest BCUT2D eigenvalue weighted by Crippen LogP contribution is -2.40. The molecule has 1 unspecified atom stereocenters. The molecule has 6 nitrogen and oxygen atoms in total. The Labute approximate surface area is 190 Å². The summed E-state index contributed by atoms with van der Waals surface area (Å²) in [6.07, 6.45) is 3.41. The minimum absolute atomic E-state index is 0.620. The van der Waals surface area contributed by atoms with E-state index in [1.165, 1.54) is 29.8 Å². The summed E-state index contributed by atoms with van der Waals surface area (Å²) in [4.78, 5) is 8.92. The van der Waals surface area contributed by atoms with Crippen molar-refractivity contribution < 1.29 is 9.47 Å². The van der Waals surface area contributed by atoms with E-state index in [1.54, 1.807) is 14.2 Å². The average Bonchev–Trinajstić information content (AvgIpc) is 3.30. The highest BCUT2D eigenvalue weighted by Gasteiger charge is 2.20. The molecule has 1 aliphatic rings. The molecule has 2 heterocycles. The third-order valence-electron chi connectivity index (χ3n) is 5.57. The van der Waals surface area contributed by atoms with Crippen molar-refractivity contribution in [3.05, 3.63) is 46.2 Å². The fourth-order valence-electron chi connectivity index (χ4n) is 3.99. The molecule has 1 atom stereocenters. The monoisotopic (exact) mass is 444 g/mol. The first-order chi connectivity index (χ1) is 15.2. The molecule has 0 bridgehead atoms. The van der Waals surface area contributed by atoms with E-state index in [1.807, 2.05) is 23.5 Å². The lowest BCUT2D eigenvalue weighted by atomic mass is 9.98. The summed E-state index contributed by atoms with van der Waals surface area (Å²) in [5.74, 6) is 3.05. The van der Waals surface area contributed by atoms with Crippen LogP contribution >= 0.6 is 11.3 Å². The lowest BCUT2D eigenvalue weighted by molar-refractivity contribution is 0.172. The number of benzene rings is 1. The number of ether oxygens (including phenoxy) is 2. The predicted octanol–water partition coefficient (Wildman–Crippen LogP) is 3.78. The quantitative estimate of drug-likeness (QED) is 0.432. The van der Waals surface area contributed by atoms with Gasteiger partial charge in [-0.3, -0.25) is 9.89 Å². The first-order valence-corrected chi connectivity index (χ1v) is 12.1. The standard InChI is InChI=1S/C24H36N4O2S/c1-4-25-24(26-12-11-19-9-10-22(29-2)23(15-19)30-3)27-16-20-7-5-13-28(17-20)18-21-8-6-14-31-21/h6,8-10,14-15,20H,4-5,7,11-13,16-18H2,1-3H3,(H2,25,26,27). The van der Waals surface area contributed by atoms with Crippen molar-refractivity contribution in [2.45, 2.75) is 32.7 Å². The van der Waals surface area contributed by atoms with Crippen LogP contribution in [-0.2, 0) is 13.0 Å². The Balaban J connectivity index is 1.48. The highest BCUT2D eigenvalue weighted by molar-refractivity contribution is 7.09. The Hall–Kier alpha value is -2.25. The van der Waals surface area contributed by atoms with E-state index < -0.39 is 0 Å². The maximum Gasteiger partial charge on any atom is 0.191 e. The summed E-state index contributed by atoms with van der Waals surface area (Å²) < 4.78 is 10.7. The van der Waals surface area contributed by atoms with Crippen LogP contribution in [0.4, 0.5) is 0 Å². The van der Waals surface area contributed by atoms with Crippen molar-refractivity contribution in [2.24, 2.45) is 10.9 Å². The van der Waals surface area contributed by atoms with Gasteiger partial charge in [0.05, 0.1) is 14.2 Å². The Morgan fingerprint density at radius 2 is 2.06 bits per heavy atom. The summed E-state index contributed by atoms with van der Waals surface area (Å²) in [6, 6.07) is 10.4. The second-order valence-corrected chi connectivity index (χ2v) is 8.94. The van der Waals surface area contributed by atoms with E-state index in [2.05, 4.69) is 46.0 Å². The number of nitrogens with one attached hydrogen (secondary N) is 2. The smallest absolute Gasteiger partial charge is 0.191 e. The molecule has 7 heteroatoms. The van der Waals surface area contributed by atoms with Gasteiger partial charge in [0.1, 0.15) is 0 Å². The van der Waals surface area contributed by atoms with Crippen LogP contribution in [0.2, 0.25) is 0 Å². The minimum Gasteiger partial charge on any atom is -0.493 e. The number of methoxy groups -OCH3 is 2. The molecule has 2 N–H and O–H groups in total. The zero-order chi connectivity index (χ0) is 21.9. The van der Waals surface area contributed by atoms with Crippen molar-refractivity contribution in [1.82, 2.24) is 15.5 Å². The molecule has 1 saturated heterocycles. The number of aliphatic imine (C=N–C) groups is 1. The molecule has 0 spiro atoms. The Kier molecular flexibility index (Phi) is 9.49. The van der Waals surface area contributed by atoms with Crippen LogP contribution in [0.3, 0.4) is 0 Å². The first-order valence-electron chi connectivity index (χ1n) is 11.2. The molecule has 1 aromatic heterocycles. The Bertz CT molecular complexity index is 810. The molecule has 1 aliphatic heterocycles. The number of rotatable bonds is 10. The first kappa shape index (κ1) is 23.4. The van der Waals surface area contributed by atoms with Crippen molar-refractivity contribution in [3.63, 3.8) is 0 Å². The van der Waals surface area contributed by atoms with E-state index in [4.69, 9.17) is 14.5 Å². The Morgan fingerprint density at radius 1 is 1.19 bits per heavy atom. The van der Waals surface area contributed by atoms with Crippen LogP contribution in [0, 0.1) is 5.92 Å². The van der Waals surface area contributed by atoms with E-state index in [-0.39, 0.29) is 0 Å². The van der Waals surface area contributed by atoms with Gasteiger partial charge in [-0.05, 0) is 67.8 Å². The topological polar surface area (TPSA) is 58.1 Å². The second-order valence-electron chi connectivity index (χ2n) is 7.91. The lowest BCUT2D eigenvalue weighted by Gasteiger charge is -2.31. The second kappa shape index (κ2) is 12.6. The summed E-state index contributed by atoms with van der Waals surface area (Å²) >= 11 is 1.85. The zero-order valence-electron chi connectivity index (χ0n) is 19.0. The highest BCUT2D eigenvalue weighted by atomic mass is 32.1. The zero-order valence-corrected chi connectivity index (χ0v) is 19.8. The van der Waals surface area contributed by atoms with Gasteiger partial charge in [0.2, 0.25) is 0 Å². The molecule has 0 aliphatic carbocycles. The molecule has 31 heavy (non-hydrogen) atoms. The number of hydrogen-bond donors (Lipinski definition) is 2. The van der Waals surface area contributed by atoms with Crippen LogP contribution in [0.15, 0.2) is 40.7 Å². The fraction of sp³-hybridized carbons (Fsp3) is 0.542. The van der Waals surface area contributed by atoms with Crippen molar-refractivity contribution in [3.8, 4) is 11.5 Å². The largest absolute Gasteiger partial charge is 0.493 e. The number of nitrogens with zero attached hydrogens (tertiary/aromatic N) is 2. The predicted molar refractivity (Wildman–Crippen MR) is 130 cm³/mol. The van der Waals surface area contributed by atoms with Crippen molar-refractivity contribution in [1.29, 1.82) is 0 Å². The summed E-state index contributed by atoms with van der Waals surface area (Å²) in [5, 5.41) is 9.02. The van der Waals surface area contributed by atoms with Gasteiger partial charge in [0.15, 0.2) is 17.5 Å². The molecule has 0 amide bonds. The van der Waals surface area contributed by atoms with Gasteiger partial charge >= 0.3 is 0 Å². The molecule has 1 aromatic carbocycles. The van der Waals surface area contributed by atoms with E-state index in [0.717, 1.165) is 56.6 Å². The van der Waals surface area contributed by atoms with Crippen LogP contribution in [0.1, 0.15) is 30.2 Å². The van der Waals surface area contributed by atoms with Gasteiger partial charge in [0.25, 0.3) is 0 Å². The maximum absolute atomic E-state index is 5.41. The fourth-order valence-corrected chi connectivity index (χ4v) is 4.74. The third kappa shape index (κ3) is 7.43.